The van der Waals surface area contributed by atoms with Crippen molar-refractivity contribution in [2.45, 2.75) is 45.7 Å². The molecule has 0 aliphatic heterocycles. The number of pyridine rings is 1. The van der Waals surface area contributed by atoms with E-state index in [0.717, 1.165) is 0 Å². The first kappa shape index (κ1) is 10.6. The number of nitrogens with zero attached hydrogens (tertiary/aromatic N) is 1. The van der Waals surface area contributed by atoms with Crippen LogP contribution in [0.2, 0.25) is 0 Å². The van der Waals surface area contributed by atoms with Gasteiger partial charge < -0.3 is 5.32 Å². The molecule has 1 aromatic heterocycles. The van der Waals surface area contributed by atoms with Crippen LogP contribution < -0.4 is 5.32 Å². The number of hydrogen-bond donors (Lipinski definition) is 1. The Balaban J connectivity index is 2.08. The minimum absolute atomic E-state index is 0.520. The van der Waals surface area contributed by atoms with Crippen molar-refractivity contribution in [3.05, 3.63) is 29.6 Å². The third-order valence-electron chi connectivity index (χ3n) is 3.49. The molecule has 0 amide bonds. The summed E-state index contributed by atoms with van der Waals surface area (Å²) in [6, 6.07) is 3.24. The van der Waals surface area contributed by atoms with E-state index in [1.165, 1.54) is 24.0 Å². The van der Waals surface area contributed by atoms with E-state index in [1.54, 1.807) is 0 Å². The first-order chi connectivity index (χ1) is 7.18. The quantitative estimate of drug-likeness (QED) is 0.819. The molecule has 1 N–H and O–H groups in total. The molecule has 1 aliphatic carbocycles. The Morgan fingerprint density at radius 3 is 2.93 bits per heavy atom. The van der Waals surface area contributed by atoms with E-state index in [2.05, 4.69) is 37.1 Å². The van der Waals surface area contributed by atoms with Gasteiger partial charge in [-0.15, -0.1) is 0 Å². The number of fused-ring (bicyclic) bond motifs is 1. The standard InChI is InChI=1S/C13H20N2/c1-9(2)10(3)15-13-5-4-11-6-7-14-8-12(11)13/h6-10,13,15H,4-5H2,1-3H3. The lowest BCUT2D eigenvalue weighted by atomic mass is 10.0. The molecular weight excluding hydrogens is 184 g/mol. The van der Waals surface area contributed by atoms with Gasteiger partial charge in [-0.3, -0.25) is 4.98 Å². The van der Waals surface area contributed by atoms with Crippen LogP contribution in [0.4, 0.5) is 0 Å². The lowest BCUT2D eigenvalue weighted by Gasteiger charge is -2.23. The average molecular weight is 204 g/mol. The Kier molecular flexibility index (Phi) is 3.06. The van der Waals surface area contributed by atoms with Crippen LogP contribution in [0.1, 0.15) is 44.4 Å². The fraction of sp³-hybridized carbons (Fsp3) is 0.615. The fourth-order valence-electron chi connectivity index (χ4n) is 2.12. The van der Waals surface area contributed by atoms with Gasteiger partial charge in [0.05, 0.1) is 0 Å². The van der Waals surface area contributed by atoms with Gasteiger partial charge in [0.25, 0.3) is 0 Å². The molecular formula is C13H20N2. The normalized spacial score (nSPS) is 21.7. The first-order valence-corrected chi connectivity index (χ1v) is 5.87. The van der Waals surface area contributed by atoms with Gasteiger partial charge in [-0.1, -0.05) is 13.8 Å². The summed E-state index contributed by atoms with van der Waals surface area (Å²) in [5, 5.41) is 3.69. The van der Waals surface area contributed by atoms with Gasteiger partial charge >= 0.3 is 0 Å². The highest BCUT2D eigenvalue weighted by atomic mass is 15.0. The van der Waals surface area contributed by atoms with E-state index in [0.29, 0.717) is 18.0 Å². The highest BCUT2D eigenvalue weighted by Gasteiger charge is 2.23. The Morgan fingerprint density at radius 1 is 1.40 bits per heavy atom. The van der Waals surface area contributed by atoms with Gasteiger partial charge in [0.15, 0.2) is 0 Å². The summed E-state index contributed by atoms with van der Waals surface area (Å²) in [5.41, 5.74) is 2.88. The topological polar surface area (TPSA) is 24.9 Å². The Hall–Kier alpha value is -0.890. The lowest BCUT2D eigenvalue weighted by Crippen LogP contribution is -2.33. The maximum Gasteiger partial charge on any atom is 0.0343 e. The maximum atomic E-state index is 4.22. The van der Waals surface area contributed by atoms with Crippen molar-refractivity contribution in [1.82, 2.24) is 10.3 Å². The van der Waals surface area contributed by atoms with E-state index in [9.17, 15) is 0 Å². The van der Waals surface area contributed by atoms with Crippen molar-refractivity contribution in [3.63, 3.8) is 0 Å². The molecule has 0 radical (unpaired) electrons. The van der Waals surface area contributed by atoms with Crippen LogP contribution in [0.5, 0.6) is 0 Å². The molecule has 2 heteroatoms. The second kappa shape index (κ2) is 4.31. The number of rotatable bonds is 3. The minimum Gasteiger partial charge on any atom is -0.307 e. The summed E-state index contributed by atoms with van der Waals surface area (Å²) < 4.78 is 0. The Morgan fingerprint density at radius 2 is 2.20 bits per heavy atom. The number of hydrogen-bond acceptors (Lipinski definition) is 2. The summed E-state index contributed by atoms with van der Waals surface area (Å²) in [6.45, 7) is 6.78. The van der Waals surface area contributed by atoms with Crippen molar-refractivity contribution in [2.75, 3.05) is 0 Å². The zero-order valence-corrected chi connectivity index (χ0v) is 9.83. The Bertz CT molecular complexity index is 333. The molecule has 2 rings (SSSR count). The smallest absolute Gasteiger partial charge is 0.0343 e. The van der Waals surface area contributed by atoms with E-state index < -0.39 is 0 Å². The molecule has 0 saturated carbocycles. The first-order valence-electron chi connectivity index (χ1n) is 5.87. The molecule has 2 unspecified atom stereocenters. The zero-order chi connectivity index (χ0) is 10.8. The summed E-state index contributed by atoms with van der Waals surface area (Å²) in [7, 11) is 0. The van der Waals surface area contributed by atoms with Crippen LogP contribution in [-0.2, 0) is 6.42 Å². The van der Waals surface area contributed by atoms with Crippen molar-refractivity contribution < 1.29 is 0 Å². The molecule has 0 aromatic carbocycles. The molecule has 1 aromatic rings. The number of nitrogens with one attached hydrogen (secondary N) is 1. The molecule has 1 heterocycles. The van der Waals surface area contributed by atoms with E-state index in [4.69, 9.17) is 0 Å². The summed E-state index contributed by atoms with van der Waals surface area (Å²) in [6.07, 6.45) is 6.33. The molecule has 0 fully saturated rings. The number of aromatic nitrogens is 1. The Labute approximate surface area is 92.1 Å². The van der Waals surface area contributed by atoms with Crippen LogP contribution in [0, 0.1) is 5.92 Å². The van der Waals surface area contributed by atoms with Crippen LogP contribution in [0.3, 0.4) is 0 Å². The third kappa shape index (κ3) is 2.20. The van der Waals surface area contributed by atoms with Crippen molar-refractivity contribution in [3.8, 4) is 0 Å². The predicted octanol–water partition coefficient (Wildman–Crippen LogP) is 2.70. The highest BCUT2D eigenvalue weighted by Crippen LogP contribution is 2.30. The van der Waals surface area contributed by atoms with E-state index >= 15 is 0 Å². The molecule has 2 atom stereocenters. The van der Waals surface area contributed by atoms with E-state index in [1.807, 2.05) is 12.4 Å². The van der Waals surface area contributed by atoms with Crippen LogP contribution in [-0.4, -0.2) is 11.0 Å². The number of aryl methyl sites for hydroxylation is 1. The third-order valence-corrected chi connectivity index (χ3v) is 3.49. The van der Waals surface area contributed by atoms with Gasteiger partial charge in [0, 0.05) is 24.5 Å². The van der Waals surface area contributed by atoms with Crippen molar-refractivity contribution >= 4 is 0 Å². The molecule has 1 aliphatic rings. The summed E-state index contributed by atoms with van der Waals surface area (Å²) in [5.74, 6) is 0.686. The molecule has 82 valence electrons. The maximum absolute atomic E-state index is 4.22. The monoisotopic (exact) mass is 204 g/mol. The molecule has 15 heavy (non-hydrogen) atoms. The second-order valence-corrected chi connectivity index (χ2v) is 4.87. The van der Waals surface area contributed by atoms with Crippen molar-refractivity contribution in [2.24, 2.45) is 5.92 Å². The molecule has 2 nitrogen and oxygen atoms in total. The average Bonchev–Trinajstić information content (AvgIpc) is 2.62. The van der Waals surface area contributed by atoms with Gasteiger partial charge in [0.2, 0.25) is 0 Å². The van der Waals surface area contributed by atoms with Crippen LogP contribution in [0.15, 0.2) is 18.5 Å². The highest BCUT2D eigenvalue weighted by molar-refractivity contribution is 5.31. The van der Waals surface area contributed by atoms with Crippen molar-refractivity contribution in [1.29, 1.82) is 0 Å². The molecule has 0 saturated heterocycles. The van der Waals surface area contributed by atoms with Crippen LogP contribution >= 0.6 is 0 Å². The van der Waals surface area contributed by atoms with Gasteiger partial charge in [-0.05, 0) is 42.9 Å². The minimum atomic E-state index is 0.520. The second-order valence-electron chi connectivity index (χ2n) is 4.87. The predicted molar refractivity (Wildman–Crippen MR) is 62.7 cm³/mol. The summed E-state index contributed by atoms with van der Waals surface area (Å²) >= 11 is 0. The SMILES string of the molecule is CC(C)C(C)NC1CCc2ccncc21. The van der Waals surface area contributed by atoms with E-state index in [-0.39, 0.29) is 0 Å². The largest absolute Gasteiger partial charge is 0.307 e. The fourth-order valence-corrected chi connectivity index (χ4v) is 2.12. The lowest BCUT2D eigenvalue weighted by molar-refractivity contribution is 0.374. The zero-order valence-electron chi connectivity index (χ0n) is 9.83. The molecule has 0 spiro atoms. The summed E-state index contributed by atoms with van der Waals surface area (Å²) in [4.78, 5) is 4.22. The molecule has 0 bridgehead atoms. The van der Waals surface area contributed by atoms with Gasteiger partial charge in [0.1, 0.15) is 0 Å². The van der Waals surface area contributed by atoms with Crippen LogP contribution in [0.25, 0.3) is 0 Å². The van der Waals surface area contributed by atoms with Gasteiger partial charge in [-0.25, -0.2) is 0 Å². The van der Waals surface area contributed by atoms with Gasteiger partial charge in [-0.2, -0.15) is 0 Å².